The summed E-state index contributed by atoms with van der Waals surface area (Å²) in [6.07, 6.45) is 0.566. The summed E-state index contributed by atoms with van der Waals surface area (Å²) < 4.78 is 16.1. The largest absolute Gasteiger partial charge is 0.454 e. The van der Waals surface area contributed by atoms with Gasteiger partial charge in [-0.05, 0) is 43.2 Å². The van der Waals surface area contributed by atoms with Gasteiger partial charge in [0.25, 0.3) is 11.8 Å². The van der Waals surface area contributed by atoms with Gasteiger partial charge in [-0.15, -0.1) is 0 Å². The molecule has 1 N–H and O–H groups in total. The van der Waals surface area contributed by atoms with Gasteiger partial charge in [0.1, 0.15) is 5.70 Å². The third kappa shape index (κ3) is 3.99. The number of nitrogens with one attached hydrogen (secondary N) is 1. The monoisotopic (exact) mass is 428 g/mol. The number of halogens is 1. The van der Waals surface area contributed by atoms with E-state index < -0.39 is 0 Å². The van der Waals surface area contributed by atoms with Gasteiger partial charge < -0.3 is 19.5 Å². The smallest absolute Gasteiger partial charge is 0.278 e. The fourth-order valence-corrected chi connectivity index (χ4v) is 3.49. The number of ether oxygens (including phenoxy) is 3. The third-order valence-corrected chi connectivity index (χ3v) is 5.07. The van der Waals surface area contributed by atoms with Crippen molar-refractivity contribution in [2.45, 2.75) is 13.3 Å². The van der Waals surface area contributed by atoms with Gasteiger partial charge in [0.2, 0.25) is 6.79 Å². The van der Waals surface area contributed by atoms with Crippen LogP contribution in [0.25, 0.3) is 5.57 Å². The Morgan fingerprint density at radius 1 is 1.07 bits per heavy atom. The number of anilines is 1. The molecule has 0 saturated carbocycles. The molecule has 30 heavy (non-hydrogen) atoms. The molecule has 2 aliphatic heterocycles. The lowest BCUT2D eigenvalue weighted by Gasteiger charge is -2.15. The molecular weight excluding hydrogens is 408 g/mol. The second kappa shape index (κ2) is 8.77. The van der Waals surface area contributed by atoms with Crippen LogP contribution in [0.5, 0.6) is 11.5 Å². The fraction of sp³-hybridized carbons (Fsp3) is 0.273. The molecule has 7 nitrogen and oxygen atoms in total. The van der Waals surface area contributed by atoms with Gasteiger partial charge in [-0.25, -0.2) is 0 Å². The Balaban J connectivity index is 1.65. The first-order chi connectivity index (χ1) is 14.6. The quantitative estimate of drug-likeness (QED) is 0.510. The van der Waals surface area contributed by atoms with Gasteiger partial charge in [-0.1, -0.05) is 23.7 Å². The molecule has 156 valence electrons. The van der Waals surface area contributed by atoms with Crippen molar-refractivity contribution < 1.29 is 23.8 Å². The summed E-state index contributed by atoms with van der Waals surface area (Å²) in [5.74, 6) is 0.499. The first-order valence-electron chi connectivity index (χ1n) is 9.69. The van der Waals surface area contributed by atoms with E-state index in [2.05, 4.69) is 5.32 Å². The highest BCUT2D eigenvalue weighted by atomic mass is 35.5. The minimum absolute atomic E-state index is 0.155. The van der Waals surface area contributed by atoms with Crippen LogP contribution in [-0.2, 0) is 14.3 Å². The molecule has 0 atom stereocenters. The maximum atomic E-state index is 13.1. The molecular formula is C22H21ClN2O5. The van der Waals surface area contributed by atoms with E-state index in [0.717, 1.165) is 0 Å². The van der Waals surface area contributed by atoms with Crippen LogP contribution in [0.1, 0.15) is 18.9 Å². The van der Waals surface area contributed by atoms with E-state index in [1.807, 2.05) is 6.92 Å². The van der Waals surface area contributed by atoms with Crippen molar-refractivity contribution in [1.29, 1.82) is 0 Å². The number of carbonyl (C=O) groups is 2. The van der Waals surface area contributed by atoms with Gasteiger partial charge in [-0.2, -0.15) is 0 Å². The lowest BCUT2D eigenvalue weighted by atomic mass is 10.0. The van der Waals surface area contributed by atoms with Gasteiger partial charge in [0.05, 0.1) is 5.57 Å². The first kappa shape index (κ1) is 20.3. The van der Waals surface area contributed by atoms with Crippen molar-refractivity contribution in [1.82, 2.24) is 4.90 Å². The van der Waals surface area contributed by atoms with Crippen LogP contribution in [0.2, 0.25) is 5.02 Å². The van der Waals surface area contributed by atoms with Crippen LogP contribution in [0.15, 0.2) is 48.2 Å². The summed E-state index contributed by atoms with van der Waals surface area (Å²) in [6.45, 7) is 3.41. The third-order valence-electron chi connectivity index (χ3n) is 4.82. The topological polar surface area (TPSA) is 77.1 Å². The van der Waals surface area contributed by atoms with Crippen molar-refractivity contribution in [3.05, 3.63) is 58.7 Å². The standard InChI is InChI=1S/C22H21ClN2O5/c1-2-28-11-3-10-25-21(26)19(14-4-6-15(23)7-5-14)20(22(25)27)24-16-8-9-17-18(12-16)30-13-29-17/h4-9,12,24H,2-3,10-11,13H2,1H3. The molecule has 2 aromatic rings. The number of amides is 2. The zero-order chi connectivity index (χ0) is 21.1. The van der Waals surface area contributed by atoms with Crippen molar-refractivity contribution in [3.63, 3.8) is 0 Å². The van der Waals surface area contributed by atoms with Crippen LogP contribution in [0, 0.1) is 0 Å². The maximum Gasteiger partial charge on any atom is 0.278 e. The minimum atomic E-state index is -0.376. The molecule has 0 radical (unpaired) electrons. The number of hydrogen-bond donors (Lipinski definition) is 1. The predicted molar refractivity (Wildman–Crippen MR) is 112 cm³/mol. The lowest BCUT2D eigenvalue weighted by Crippen LogP contribution is -2.34. The summed E-state index contributed by atoms with van der Waals surface area (Å²) in [5, 5.41) is 3.66. The average Bonchev–Trinajstić information content (AvgIpc) is 3.30. The highest BCUT2D eigenvalue weighted by Gasteiger charge is 2.39. The molecule has 0 unspecified atom stereocenters. The van der Waals surface area contributed by atoms with E-state index in [1.165, 1.54) is 4.90 Å². The van der Waals surface area contributed by atoms with E-state index in [-0.39, 0.29) is 30.8 Å². The zero-order valence-corrected chi connectivity index (χ0v) is 17.2. The fourth-order valence-electron chi connectivity index (χ4n) is 3.37. The second-order valence-corrected chi connectivity index (χ2v) is 7.20. The summed E-state index contributed by atoms with van der Waals surface area (Å²) in [6, 6.07) is 12.1. The molecule has 0 saturated heterocycles. The van der Waals surface area contributed by atoms with Crippen LogP contribution in [0.3, 0.4) is 0 Å². The Labute approximate surface area is 179 Å². The van der Waals surface area contributed by atoms with Gasteiger partial charge in [0, 0.05) is 36.5 Å². The Morgan fingerprint density at radius 3 is 2.60 bits per heavy atom. The molecule has 2 aromatic carbocycles. The number of rotatable bonds is 8. The second-order valence-electron chi connectivity index (χ2n) is 6.76. The summed E-state index contributed by atoms with van der Waals surface area (Å²) in [7, 11) is 0. The Kier molecular flexibility index (Phi) is 5.92. The van der Waals surface area contributed by atoms with E-state index in [0.29, 0.717) is 53.0 Å². The number of imide groups is 1. The molecule has 4 rings (SSSR count). The predicted octanol–water partition coefficient (Wildman–Crippen LogP) is 3.69. The van der Waals surface area contributed by atoms with Crippen molar-refractivity contribution in [2.24, 2.45) is 0 Å². The van der Waals surface area contributed by atoms with Gasteiger partial charge >= 0.3 is 0 Å². The Bertz CT molecular complexity index is 1000. The van der Waals surface area contributed by atoms with Crippen molar-refractivity contribution in [2.75, 3.05) is 31.9 Å². The number of fused-ring (bicyclic) bond motifs is 1. The highest BCUT2D eigenvalue weighted by molar-refractivity contribution is 6.36. The molecule has 2 aliphatic rings. The molecule has 0 aromatic heterocycles. The van der Waals surface area contributed by atoms with Crippen molar-refractivity contribution in [3.8, 4) is 11.5 Å². The Morgan fingerprint density at radius 2 is 1.83 bits per heavy atom. The van der Waals surface area contributed by atoms with E-state index in [4.69, 9.17) is 25.8 Å². The van der Waals surface area contributed by atoms with E-state index in [9.17, 15) is 9.59 Å². The molecule has 2 heterocycles. The molecule has 8 heteroatoms. The average molecular weight is 429 g/mol. The molecule has 2 amide bonds. The van der Waals surface area contributed by atoms with Gasteiger partial charge in [-0.3, -0.25) is 14.5 Å². The SMILES string of the molecule is CCOCCCN1C(=O)C(Nc2ccc3c(c2)OCO3)=C(c2ccc(Cl)cc2)C1=O. The Hall–Kier alpha value is -3.03. The normalized spacial score (nSPS) is 15.3. The maximum absolute atomic E-state index is 13.1. The minimum Gasteiger partial charge on any atom is -0.454 e. The lowest BCUT2D eigenvalue weighted by molar-refractivity contribution is -0.137. The number of hydrogen-bond acceptors (Lipinski definition) is 6. The summed E-state index contributed by atoms with van der Waals surface area (Å²) in [4.78, 5) is 27.5. The van der Waals surface area contributed by atoms with Crippen LogP contribution in [0.4, 0.5) is 5.69 Å². The molecule has 0 aliphatic carbocycles. The summed E-state index contributed by atoms with van der Waals surface area (Å²) >= 11 is 6.00. The van der Waals surface area contributed by atoms with Crippen LogP contribution < -0.4 is 14.8 Å². The summed E-state index contributed by atoms with van der Waals surface area (Å²) in [5.41, 5.74) is 1.77. The number of nitrogens with zero attached hydrogens (tertiary/aromatic N) is 1. The number of carbonyl (C=O) groups excluding carboxylic acids is 2. The molecule has 0 bridgehead atoms. The first-order valence-corrected chi connectivity index (χ1v) is 10.1. The molecule has 0 spiro atoms. The number of benzene rings is 2. The highest BCUT2D eigenvalue weighted by Crippen LogP contribution is 2.36. The van der Waals surface area contributed by atoms with E-state index >= 15 is 0 Å². The van der Waals surface area contributed by atoms with Crippen LogP contribution >= 0.6 is 11.6 Å². The van der Waals surface area contributed by atoms with Crippen LogP contribution in [-0.4, -0.2) is 43.3 Å². The van der Waals surface area contributed by atoms with Gasteiger partial charge in [0.15, 0.2) is 11.5 Å². The van der Waals surface area contributed by atoms with E-state index in [1.54, 1.807) is 42.5 Å². The zero-order valence-electron chi connectivity index (χ0n) is 16.4. The van der Waals surface area contributed by atoms with Crippen molar-refractivity contribution >= 4 is 34.7 Å². The molecule has 0 fully saturated rings.